The molecule has 34 heavy (non-hydrogen) atoms. The predicted octanol–water partition coefficient (Wildman–Crippen LogP) is 2.57. The number of aromatic nitrogens is 2. The highest BCUT2D eigenvalue weighted by molar-refractivity contribution is 5.91. The first-order valence-electron chi connectivity index (χ1n) is 11.4. The Bertz CT molecular complexity index is 1260. The summed E-state index contributed by atoms with van der Waals surface area (Å²) in [5, 5.41) is 0.399. The van der Waals surface area contributed by atoms with Crippen LogP contribution in [0.3, 0.4) is 0 Å². The zero-order valence-electron chi connectivity index (χ0n) is 19.7. The lowest BCUT2D eigenvalue weighted by Gasteiger charge is -2.33. The molecule has 0 spiro atoms. The molecule has 1 fully saturated rings. The maximum Gasteiger partial charge on any atom is 0.338 e. The zero-order chi connectivity index (χ0) is 24.2. The number of ether oxygens (including phenoxy) is 3. The lowest BCUT2D eigenvalue weighted by molar-refractivity contribution is 0.0525. The van der Waals surface area contributed by atoms with Crippen LogP contribution in [0.15, 0.2) is 41.2 Å². The van der Waals surface area contributed by atoms with Crippen molar-refractivity contribution in [1.82, 2.24) is 9.55 Å². The Balaban J connectivity index is 1.91. The second-order valence-electron chi connectivity index (χ2n) is 8.25. The molecule has 2 heterocycles. The molecule has 0 bridgehead atoms. The fourth-order valence-electron chi connectivity index (χ4n) is 4.35. The van der Waals surface area contributed by atoms with E-state index in [-0.39, 0.29) is 24.8 Å². The van der Waals surface area contributed by atoms with Gasteiger partial charge in [0.2, 0.25) is 5.95 Å². The molecule has 0 aliphatic carbocycles. The molecule has 9 nitrogen and oxygen atoms in total. The molecular weight excluding hydrogens is 436 g/mol. The van der Waals surface area contributed by atoms with Crippen molar-refractivity contribution in [3.05, 3.63) is 57.9 Å². The van der Waals surface area contributed by atoms with Crippen LogP contribution in [-0.4, -0.2) is 55.5 Å². The number of carbonyl (C=O) groups excluding carboxylic acids is 1. The minimum atomic E-state index is -0.423. The molecule has 0 unspecified atom stereocenters. The number of piperidine rings is 1. The summed E-state index contributed by atoms with van der Waals surface area (Å²) >= 11 is 0. The van der Waals surface area contributed by atoms with Gasteiger partial charge in [0.15, 0.2) is 11.5 Å². The van der Waals surface area contributed by atoms with Crippen LogP contribution in [-0.2, 0) is 11.3 Å². The molecule has 2 N–H and O–H groups in total. The van der Waals surface area contributed by atoms with Gasteiger partial charge in [0, 0.05) is 25.2 Å². The molecule has 1 saturated heterocycles. The number of anilines is 1. The predicted molar refractivity (Wildman–Crippen MR) is 130 cm³/mol. The normalized spacial score (nSPS) is 15.9. The summed E-state index contributed by atoms with van der Waals surface area (Å²) in [4.78, 5) is 33.3. The summed E-state index contributed by atoms with van der Waals surface area (Å²) in [7, 11) is 3.07. The Hall–Kier alpha value is -3.59. The van der Waals surface area contributed by atoms with Gasteiger partial charge in [0.05, 0.1) is 43.8 Å². The number of methoxy groups -OCH3 is 2. The molecule has 180 valence electrons. The van der Waals surface area contributed by atoms with Crippen LogP contribution in [0.5, 0.6) is 11.5 Å². The molecular formula is C25H30N4O5. The van der Waals surface area contributed by atoms with E-state index in [0.717, 1.165) is 19.4 Å². The van der Waals surface area contributed by atoms with Crippen molar-refractivity contribution in [2.24, 2.45) is 5.73 Å². The van der Waals surface area contributed by atoms with Crippen molar-refractivity contribution in [3.8, 4) is 11.5 Å². The molecule has 0 amide bonds. The minimum Gasteiger partial charge on any atom is -0.493 e. The molecule has 1 atom stereocenters. The van der Waals surface area contributed by atoms with Crippen LogP contribution in [0.1, 0.15) is 35.7 Å². The number of hydrogen-bond acceptors (Lipinski definition) is 8. The Morgan fingerprint density at radius 3 is 2.62 bits per heavy atom. The Morgan fingerprint density at radius 1 is 1.18 bits per heavy atom. The van der Waals surface area contributed by atoms with Crippen LogP contribution in [0.2, 0.25) is 0 Å². The summed E-state index contributed by atoms with van der Waals surface area (Å²) in [6.07, 6.45) is 1.82. The summed E-state index contributed by atoms with van der Waals surface area (Å²) in [6.45, 7) is 3.51. The number of esters is 1. The Morgan fingerprint density at radius 2 is 1.91 bits per heavy atom. The van der Waals surface area contributed by atoms with E-state index >= 15 is 0 Å². The largest absolute Gasteiger partial charge is 0.493 e. The fourth-order valence-corrected chi connectivity index (χ4v) is 4.35. The topological polar surface area (TPSA) is 109 Å². The van der Waals surface area contributed by atoms with Crippen molar-refractivity contribution < 1.29 is 19.0 Å². The number of nitrogens with zero attached hydrogens (tertiary/aromatic N) is 3. The Labute approximate surface area is 198 Å². The van der Waals surface area contributed by atoms with Gasteiger partial charge < -0.3 is 24.8 Å². The van der Waals surface area contributed by atoms with Gasteiger partial charge in [-0.05, 0) is 37.5 Å². The molecule has 2 aromatic carbocycles. The van der Waals surface area contributed by atoms with Gasteiger partial charge in [0.25, 0.3) is 5.56 Å². The van der Waals surface area contributed by atoms with Crippen LogP contribution in [0.4, 0.5) is 5.95 Å². The van der Waals surface area contributed by atoms with Gasteiger partial charge in [-0.25, -0.2) is 9.78 Å². The Kier molecular flexibility index (Phi) is 7.02. The van der Waals surface area contributed by atoms with E-state index in [2.05, 4.69) is 0 Å². The summed E-state index contributed by atoms with van der Waals surface area (Å²) < 4.78 is 17.7. The van der Waals surface area contributed by atoms with Gasteiger partial charge in [-0.1, -0.05) is 18.2 Å². The van der Waals surface area contributed by atoms with Crippen molar-refractivity contribution >= 4 is 22.8 Å². The zero-order valence-corrected chi connectivity index (χ0v) is 19.7. The van der Waals surface area contributed by atoms with Crippen LogP contribution in [0, 0.1) is 0 Å². The highest BCUT2D eigenvalue weighted by Crippen LogP contribution is 2.31. The molecule has 3 aromatic rings. The summed E-state index contributed by atoms with van der Waals surface area (Å²) in [5.41, 5.74) is 7.61. The van der Waals surface area contributed by atoms with E-state index in [0.29, 0.717) is 46.0 Å². The first-order valence-corrected chi connectivity index (χ1v) is 11.4. The molecule has 1 aliphatic rings. The third-order valence-corrected chi connectivity index (χ3v) is 6.02. The van der Waals surface area contributed by atoms with Crippen molar-refractivity contribution in [1.29, 1.82) is 0 Å². The van der Waals surface area contributed by atoms with Crippen LogP contribution < -0.4 is 25.7 Å². The standard InChI is InChI=1S/C25H30N4O5/c1-4-34-24(31)18-10-6-5-8-16(18)14-29-23(30)19-12-21(32-2)22(33-3)13-20(19)27-25(29)28-11-7-9-17(26)15-28/h5-6,8,10,12-13,17H,4,7,9,11,14-15,26H2,1-3H3/t17-/m1/s1. The third-order valence-electron chi connectivity index (χ3n) is 6.02. The van der Waals surface area contributed by atoms with Gasteiger partial charge >= 0.3 is 5.97 Å². The second-order valence-corrected chi connectivity index (χ2v) is 8.25. The maximum atomic E-state index is 13.8. The number of rotatable bonds is 7. The first kappa shape index (κ1) is 23.6. The molecule has 1 aliphatic heterocycles. The van der Waals surface area contributed by atoms with Crippen LogP contribution >= 0.6 is 0 Å². The molecule has 0 saturated carbocycles. The van der Waals surface area contributed by atoms with E-state index in [4.69, 9.17) is 24.9 Å². The van der Waals surface area contributed by atoms with E-state index < -0.39 is 5.97 Å². The summed E-state index contributed by atoms with van der Waals surface area (Å²) in [6, 6.07) is 10.5. The van der Waals surface area contributed by atoms with Crippen molar-refractivity contribution in [2.75, 3.05) is 38.8 Å². The van der Waals surface area contributed by atoms with Gasteiger partial charge in [0.1, 0.15) is 0 Å². The number of carbonyl (C=O) groups is 1. The number of fused-ring (bicyclic) bond motifs is 1. The average Bonchev–Trinajstić information content (AvgIpc) is 2.85. The smallest absolute Gasteiger partial charge is 0.338 e. The SMILES string of the molecule is CCOC(=O)c1ccccc1Cn1c(N2CCC[C@@H](N)C2)nc2cc(OC)c(OC)cc2c1=O. The lowest BCUT2D eigenvalue weighted by atomic mass is 10.1. The first-order chi connectivity index (χ1) is 16.5. The number of nitrogens with two attached hydrogens (primary N) is 1. The van der Waals surface area contributed by atoms with Crippen molar-refractivity contribution in [2.45, 2.75) is 32.4 Å². The minimum absolute atomic E-state index is 0.00739. The van der Waals surface area contributed by atoms with Gasteiger partial charge in [-0.2, -0.15) is 0 Å². The van der Waals surface area contributed by atoms with E-state index in [1.165, 1.54) is 7.11 Å². The molecule has 0 radical (unpaired) electrons. The van der Waals surface area contributed by atoms with E-state index in [1.807, 2.05) is 17.0 Å². The molecule has 1 aromatic heterocycles. The number of hydrogen-bond donors (Lipinski definition) is 1. The van der Waals surface area contributed by atoms with E-state index in [9.17, 15) is 9.59 Å². The maximum absolute atomic E-state index is 13.8. The molecule has 9 heteroatoms. The highest BCUT2D eigenvalue weighted by Gasteiger charge is 2.24. The second kappa shape index (κ2) is 10.1. The average molecular weight is 467 g/mol. The third kappa shape index (κ3) is 4.56. The highest BCUT2D eigenvalue weighted by atomic mass is 16.5. The number of benzene rings is 2. The van der Waals surface area contributed by atoms with Crippen LogP contribution in [0.25, 0.3) is 10.9 Å². The molecule has 4 rings (SSSR count). The summed E-state index contributed by atoms with van der Waals surface area (Å²) in [5.74, 6) is 1.03. The van der Waals surface area contributed by atoms with Gasteiger partial charge in [-0.3, -0.25) is 9.36 Å². The monoisotopic (exact) mass is 466 g/mol. The van der Waals surface area contributed by atoms with Gasteiger partial charge in [-0.15, -0.1) is 0 Å². The fraction of sp³-hybridized carbons (Fsp3) is 0.400. The van der Waals surface area contributed by atoms with E-state index in [1.54, 1.807) is 42.9 Å². The van der Waals surface area contributed by atoms with Crippen molar-refractivity contribution in [3.63, 3.8) is 0 Å². The lowest BCUT2D eigenvalue weighted by Crippen LogP contribution is -2.45. The quantitative estimate of drug-likeness (QED) is 0.529.